The van der Waals surface area contributed by atoms with E-state index in [4.69, 9.17) is 32.9 Å². The molecule has 0 saturated carbocycles. The van der Waals surface area contributed by atoms with Gasteiger partial charge in [-0.2, -0.15) is 0 Å². The number of rotatable bonds is 7. The first-order chi connectivity index (χ1) is 19.5. The van der Waals surface area contributed by atoms with Crippen LogP contribution in [-0.2, 0) is 9.68 Å². The number of halogens is 2. The van der Waals surface area contributed by atoms with Gasteiger partial charge in [-0.05, 0) is 62.4 Å². The molecule has 0 saturated heterocycles. The van der Waals surface area contributed by atoms with Gasteiger partial charge < -0.3 is 19.5 Å². The molecule has 0 N–H and O–H groups in total. The van der Waals surface area contributed by atoms with Crippen molar-refractivity contribution >= 4 is 34.9 Å². The van der Waals surface area contributed by atoms with E-state index in [1.165, 1.54) is 11.1 Å². The van der Waals surface area contributed by atoms with Crippen LogP contribution in [-0.4, -0.2) is 34.6 Å². The Morgan fingerprint density at radius 1 is 0.550 bits per heavy atom. The molecule has 40 heavy (non-hydrogen) atoms. The van der Waals surface area contributed by atoms with Gasteiger partial charge in [0.1, 0.15) is 0 Å². The van der Waals surface area contributed by atoms with E-state index in [1.807, 2.05) is 48.5 Å². The fourth-order valence-electron chi connectivity index (χ4n) is 4.88. The highest BCUT2D eigenvalue weighted by Gasteiger charge is 2.36. The maximum atomic E-state index is 6.18. The van der Waals surface area contributed by atoms with Crippen LogP contribution < -0.4 is 0 Å². The van der Waals surface area contributed by atoms with Gasteiger partial charge in [-0.3, -0.25) is 0 Å². The fourth-order valence-corrected chi connectivity index (χ4v) is 5.13. The van der Waals surface area contributed by atoms with E-state index in [2.05, 4.69) is 82.5 Å². The van der Waals surface area contributed by atoms with Crippen LogP contribution in [0.3, 0.4) is 0 Å². The van der Waals surface area contributed by atoms with Crippen LogP contribution in [0.25, 0.3) is 0 Å². The van der Waals surface area contributed by atoms with Crippen molar-refractivity contribution in [1.82, 2.24) is 9.80 Å². The van der Waals surface area contributed by atoms with Gasteiger partial charge in [-0.1, -0.05) is 93.2 Å². The van der Waals surface area contributed by atoms with Crippen LogP contribution in [0.2, 0.25) is 10.0 Å². The Kier molecular flexibility index (Phi) is 7.37. The first-order valence-electron chi connectivity index (χ1n) is 13.1. The Labute approximate surface area is 244 Å². The zero-order chi connectivity index (χ0) is 27.6. The fraction of sp³-hybridized carbons (Fsp3) is 0.188. The van der Waals surface area contributed by atoms with Gasteiger partial charge in [0.25, 0.3) is 0 Å². The number of oxime groups is 2. The molecular weight excluding hydrogens is 543 g/mol. The largest absolute Gasteiger partial charge is 0.363 e. The summed E-state index contributed by atoms with van der Waals surface area (Å²) < 4.78 is 0. The molecule has 6 rings (SSSR count). The first-order valence-corrected chi connectivity index (χ1v) is 13.9. The van der Waals surface area contributed by atoms with Crippen LogP contribution in [0, 0.1) is 13.8 Å². The summed E-state index contributed by atoms with van der Waals surface area (Å²) in [6, 6.07) is 32.0. The van der Waals surface area contributed by atoms with Crippen molar-refractivity contribution in [2.75, 3.05) is 13.1 Å². The van der Waals surface area contributed by atoms with Crippen molar-refractivity contribution in [3.05, 3.63) is 140 Å². The van der Waals surface area contributed by atoms with E-state index in [9.17, 15) is 0 Å². The van der Waals surface area contributed by atoms with Crippen molar-refractivity contribution in [3.63, 3.8) is 0 Å². The van der Waals surface area contributed by atoms with Gasteiger partial charge in [0.2, 0.25) is 12.5 Å². The molecule has 4 aromatic rings. The number of hydrogen-bond acceptors (Lipinski definition) is 6. The topological polar surface area (TPSA) is 49.7 Å². The number of aryl methyl sites for hydroxylation is 2. The second-order valence-electron chi connectivity index (χ2n) is 9.97. The molecule has 2 aliphatic rings. The highest BCUT2D eigenvalue weighted by atomic mass is 35.5. The first kappa shape index (κ1) is 26.2. The molecule has 0 aliphatic carbocycles. The zero-order valence-corrected chi connectivity index (χ0v) is 23.7. The minimum Gasteiger partial charge on any atom is -0.363 e. The Balaban J connectivity index is 1.32. The van der Waals surface area contributed by atoms with Crippen LogP contribution in [0.5, 0.6) is 0 Å². The van der Waals surface area contributed by atoms with E-state index in [0.717, 1.165) is 33.9 Å². The normalized spacial score (nSPS) is 18.3. The molecule has 8 heteroatoms. The van der Waals surface area contributed by atoms with E-state index >= 15 is 0 Å². The summed E-state index contributed by atoms with van der Waals surface area (Å²) in [7, 11) is 0. The molecule has 202 valence electrons. The molecule has 0 bridgehead atoms. The predicted octanol–water partition coefficient (Wildman–Crippen LogP) is 7.70. The highest BCUT2D eigenvalue weighted by molar-refractivity contribution is 6.31. The molecule has 0 amide bonds. The summed E-state index contributed by atoms with van der Waals surface area (Å²) in [4.78, 5) is 16.4. The van der Waals surface area contributed by atoms with Crippen LogP contribution in [0.1, 0.15) is 45.8 Å². The minimum absolute atomic E-state index is 0.372. The monoisotopic (exact) mass is 570 g/mol. The van der Waals surface area contributed by atoms with Crippen molar-refractivity contribution in [1.29, 1.82) is 0 Å². The second kappa shape index (κ2) is 11.2. The molecule has 0 fully saturated rings. The average molecular weight is 572 g/mol. The summed E-state index contributed by atoms with van der Waals surface area (Å²) in [5.41, 5.74) is 6.28. The SMILES string of the molecule is Cc1ccc(C2ON=C(c3ccc(Cl)cc3)N2CCN2C(c3ccc(Cl)cc3)=NOC2c2ccc(C)cc2)cc1. The lowest BCUT2D eigenvalue weighted by Gasteiger charge is -2.31. The Hall–Kier alpha value is -4.00. The van der Waals surface area contributed by atoms with Crippen LogP contribution >= 0.6 is 23.2 Å². The Morgan fingerprint density at radius 2 is 0.900 bits per heavy atom. The Bertz CT molecular complexity index is 1420. The molecule has 6 nitrogen and oxygen atoms in total. The maximum absolute atomic E-state index is 6.18. The standard InChI is InChI=1S/C32H28Cl2N4O2/c1-21-3-7-25(8-4-21)31-37(29(35-39-31)23-11-15-27(33)16-12-23)19-20-38-30(24-13-17-28(34)18-14-24)36-40-32(38)26-9-5-22(2)6-10-26/h3-18,31-32H,19-20H2,1-2H3. The van der Waals surface area contributed by atoms with Gasteiger partial charge in [-0.25, -0.2) is 0 Å². The summed E-state index contributed by atoms with van der Waals surface area (Å²) in [6.45, 7) is 5.34. The summed E-state index contributed by atoms with van der Waals surface area (Å²) >= 11 is 12.4. The third kappa shape index (κ3) is 5.37. The van der Waals surface area contributed by atoms with Crippen molar-refractivity contribution in [2.24, 2.45) is 10.3 Å². The number of hydrogen-bond donors (Lipinski definition) is 0. The quantitative estimate of drug-likeness (QED) is 0.228. The predicted molar refractivity (Wildman–Crippen MR) is 159 cm³/mol. The lowest BCUT2D eigenvalue weighted by atomic mass is 10.1. The lowest BCUT2D eigenvalue weighted by Crippen LogP contribution is -2.41. The smallest absolute Gasteiger partial charge is 0.227 e. The van der Waals surface area contributed by atoms with Crippen molar-refractivity contribution in [2.45, 2.75) is 26.3 Å². The van der Waals surface area contributed by atoms with E-state index in [-0.39, 0.29) is 12.5 Å². The molecule has 2 atom stereocenters. The third-order valence-electron chi connectivity index (χ3n) is 7.10. The molecule has 0 spiro atoms. The number of amidine groups is 2. The van der Waals surface area contributed by atoms with Gasteiger partial charge in [0.15, 0.2) is 11.7 Å². The summed E-state index contributed by atoms with van der Waals surface area (Å²) in [6.07, 6.45) is -0.743. The molecule has 0 aromatic heterocycles. The van der Waals surface area contributed by atoms with Gasteiger partial charge >= 0.3 is 0 Å². The van der Waals surface area contributed by atoms with Crippen LogP contribution in [0.15, 0.2) is 107 Å². The van der Waals surface area contributed by atoms with E-state index in [0.29, 0.717) is 23.1 Å². The third-order valence-corrected chi connectivity index (χ3v) is 7.60. The molecule has 2 unspecified atom stereocenters. The van der Waals surface area contributed by atoms with Crippen LogP contribution in [0.4, 0.5) is 0 Å². The number of nitrogens with zero attached hydrogens (tertiary/aromatic N) is 4. The lowest BCUT2D eigenvalue weighted by molar-refractivity contribution is -0.0108. The minimum atomic E-state index is -0.372. The molecular formula is C32H28Cl2N4O2. The Morgan fingerprint density at radius 3 is 1.25 bits per heavy atom. The van der Waals surface area contributed by atoms with Gasteiger partial charge in [0, 0.05) is 45.4 Å². The highest BCUT2D eigenvalue weighted by Crippen LogP contribution is 2.34. The second-order valence-corrected chi connectivity index (χ2v) is 10.8. The number of benzene rings is 4. The summed E-state index contributed by atoms with van der Waals surface area (Å²) in [5, 5.41) is 10.4. The molecule has 0 radical (unpaired) electrons. The van der Waals surface area contributed by atoms with Gasteiger partial charge in [0.05, 0.1) is 0 Å². The summed E-state index contributed by atoms with van der Waals surface area (Å²) in [5.74, 6) is 1.50. The zero-order valence-electron chi connectivity index (χ0n) is 22.2. The average Bonchev–Trinajstić information content (AvgIpc) is 3.58. The molecule has 2 heterocycles. The molecule has 2 aliphatic heterocycles. The van der Waals surface area contributed by atoms with Crippen molar-refractivity contribution in [3.8, 4) is 0 Å². The molecule has 4 aromatic carbocycles. The van der Waals surface area contributed by atoms with E-state index < -0.39 is 0 Å². The van der Waals surface area contributed by atoms with Gasteiger partial charge in [-0.15, -0.1) is 0 Å². The van der Waals surface area contributed by atoms with Crippen molar-refractivity contribution < 1.29 is 9.68 Å². The van der Waals surface area contributed by atoms with E-state index in [1.54, 1.807) is 0 Å². The maximum Gasteiger partial charge on any atom is 0.227 e.